The van der Waals surface area contributed by atoms with E-state index in [2.05, 4.69) is 31.7 Å². The third-order valence-corrected chi connectivity index (χ3v) is 6.61. The summed E-state index contributed by atoms with van der Waals surface area (Å²) >= 11 is 9.70. The number of halogens is 5. The first kappa shape index (κ1) is 21.5. The van der Waals surface area contributed by atoms with E-state index in [0.29, 0.717) is 5.56 Å². The van der Waals surface area contributed by atoms with Crippen LogP contribution in [0.4, 0.5) is 19.0 Å². The lowest BCUT2D eigenvalue weighted by Gasteiger charge is -2.33. The summed E-state index contributed by atoms with van der Waals surface area (Å²) in [5.74, 6) is -0.510. The van der Waals surface area contributed by atoms with Crippen molar-refractivity contribution in [2.45, 2.75) is 62.8 Å². The topological polar surface area (TPSA) is 59.0 Å². The van der Waals surface area contributed by atoms with Crippen LogP contribution in [0.5, 0.6) is 0 Å². The van der Waals surface area contributed by atoms with Gasteiger partial charge in [0.2, 0.25) is 0 Å². The van der Waals surface area contributed by atoms with E-state index in [1.165, 1.54) is 0 Å². The lowest BCUT2D eigenvalue weighted by atomic mass is 9.95. The summed E-state index contributed by atoms with van der Waals surface area (Å²) < 4.78 is 43.2. The van der Waals surface area contributed by atoms with Gasteiger partial charge < -0.3 is 10.6 Å². The highest BCUT2D eigenvalue weighted by Gasteiger charge is 2.48. The standard InChI is InChI=1S/C20H21BrClF3N4O/c21-12-8-6-11(7-9-12)14-10-15(20(23,24)25)29-18(27-14)16(22)17(28-29)19(30)26-13-4-2-1-3-5-13/h6-9,13-15,27H,1-5,10H2,(H,26,30)/t14-,15-/m0/s1. The molecule has 2 atom stereocenters. The van der Waals surface area contributed by atoms with Gasteiger partial charge in [0.25, 0.3) is 5.91 Å². The molecule has 0 spiro atoms. The lowest BCUT2D eigenvalue weighted by molar-refractivity contribution is -0.173. The number of rotatable bonds is 3. The summed E-state index contributed by atoms with van der Waals surface area (Å²) in [6.07, 6.45) is 0.0884. The zero-order valence-electron chi connectivity index (χ0n) is 16.0. The molecule has 1 fully saturated rings. The van der Waals surface area contributed by atoms with Crippen LogP contribution in [0.1, 0.15) is 66.7 Å². The number of alkyl halides is 3. The fraction of sp³-hybridized carbons (Fsp3) is 0.500. The van der Waals surface area contributed by atoms with Crippen LogP contribution in [0.3, 0.4) is 0 Å². The Hall–Kier alpha value is -1.74. The van der Waals surface area contributed by atoms with Crippen LogP contribution in [-0.2, 0) is 0 Å². The van der Waals surface area contributed by atoms with E-state index in [1.807, 2.05) is 0 Å². The molecule has 10 heteroatoms. The Labute approximate surface area is 185 Å². The van der Waals surface area contributed by atoms with Gasteiger partial charge in [-0.15, -0.1) is 0 Å². The monoisotopic (exact) mass is 504 g/mol. The van der Waals surface area contributed by atoms with Crippen LogP contribution in [0.25, 0.3) is 0 Å². The predicted octanol–water partition coefficient (Wildman–Crippen LogP) is 6.02. The summed E-state index contributed by atoms with van der Waals surface area (Å²) in [6, 6.07) is 4.57. The van der Waals surface area contributed by atoms with Crippen LogP contribution in [0, 0.1) is 0 Å². The van der Waals surface area contributed by atoms with Gasteiger partial charge in [-0.25, -0.2) is 4.68 Å². The Balaban J connectivity index is 1.65. The number of nitrogens with zero attached hydrogens (tertiary/aromatic N) is 2. The number of anilines is 1. The Morgan fingerprint density at radius 3 is 2.50 bits per heavy atom. The molecule has 1 aromatic heterocycles. The molecule has 2 aromatic rings. The van der Waals surface area contributed by atoms with Crippen molar-refractivity contribution in [2.75, 3.05) is 5.32 Å². The number of benzene rings is 1. The van der Waals surface area contributed by atoms with Gasteiger partial charge >= 0.3 is 6.18 Å². The minimum atomic E-state index is -4.53. The van der Waals surface area contributed by atoms with Gasteiger partial charge in [-0.3, -0.25) is 4.79 Å². The largest absolute Gasteiger partial charge is 0.410 e. The highest BCUT2D eigenvalue weighted by molar-refractivity contribution is 9.10. The summed E-state index contributed by atoms with van der Waals surface area (Å²) in [5.41, 5.74) is 0.527. The fourth-order valence-corrected chi connectivity index (χ4v) is 4.68. The molecule has 1 aliphatic heterocycles. The summed E-state index contributed by atoms with van der Waals surface area (Å²) in [7, 11) is 0. The van der Waals surface area contributed by atoms with Crippen molar-refractivity contribution in [3.8, 4) is 0 Å². The molecule has 1 amide bonds. The Morgan fingerprint density at radius 1 is 1.20 bits per heavy atom. The second kappa shape index (κ2) is 8.42. The number of carbonyl (C=O) groups is 1. The molecule has 0 radical (unpaired) electrons. The zero-order chi connectivity index (χ0) is 21.5. The molecule has 0 saturated heterocycles. The summed E-state index contributed by atoms with van der Waals surface area (Å²) in [6.45, 7) is 0. The normalized spacial score (nSPS) is 22.3. The van der Waals surface area contributed by atoms with Crippen molar-refractivity contribution in [1.82, 2.24) is 15.1 Å². The minimum Gasteiger partial charge on any atom is -0.362 e. The maximum Gasteiger partial charge on any atom is 0.410 e. The molecule has 2 heterocycles. The lowest BCUT2D eigenvalue weighted by Crippen LogP contribution is -2.37. The van der Waals surface area contributed by atoms with Crippen LogP contribution >= 0.6 is 27.5 Å². The number of carbonyl (C=O) groups excluding carboxylic acids is 1. The molecule has 162 valence electrons. The first-order valence-corrected chi connectivity index (χ1v) is 11.1. The van der Waals surface area contributed by atoms with Crippen LogP contribution in [0.2, 0.25) is 5.02 Å². The van der Waals surface area contributed by atoms with Crippen LogP contribution in [0.15, 0.2) is 28.7 Å². The number of nitrogens with one attached hydrogen (secondary N) is 2. The van der Waals surface area contributed by atoms with Gasteiger partial charge in [0.1, 0.15) is 10.8 Å². The molecule has 1 aromatic carbocycles. The zero-order valence-corrected chi connectivity index (χ0v) is 18.3. The third-order valence-electron chi connectivity index (χ3n) is 5.72. The average molecular weight is 506 g/mol. The molecule has 1 saturated carbocycles. The van der Waals surface area contributed by atoms with Crippen molar-refractivity contribution in [3.63, 3.8) is 0 Å². The van der Waals surface area contributed by atoms with E-state index in [4.69, 9.17) is 11.6 Å². The van der Waals surface area contributed by atoms with E-state index in [-0.39, 0.29) is 29.0 Å². The molecular weight excluding hydrogens is 485 g/mol. The highest BCUT2D eigenvalue weighted by atomic mass is 79.9. The quantitative estimate of drug-likeness (QED) is 0.536. The Kier molecular flexibility index (Phi) is 6.03. The van der Waals surface area contributed by atoms with E-state index in [9.17, 15) is 18.0 Å². The molecule has 5 nitrogen and oxygen atoms in total. The van der Waals surface area contributed by atoms with Crippen molar-refractivity contribution in [1.29, 1.82) is 0 Å². The van der Waals surface area contributed by atoms with Crippen molar-refractivity contribution < 1.29 is 18.0 Å². The molecule has 2 N–H and O–H groups in total. The first-order valence-electron chi connectivity index (χ1n) is 9.91. The predicted molar refractivity (Wildman–Crippen MR) is 112 cm³/mol. The van der Waals surface area contributed by atoms with E-state index < -0.39 is 24.2 Å². The maximum atomic E-state index is 13.8. The van der Waals surface area contributed by atoms with E-state index >= 15 is 0 Å². The second-order valence-electron chi connectivity index (χ2n) is 7.81. The van der Waals surface area contributed by atoms with Gasteiger partial charge in [0, 0.05) is 16.9 Å². The van der Waals surface area contributed by atoms with Crippen LogP contribution in [-0.4, -0.2) is 27.9 Å². The molecule has 30 heavy (non-hydrogen) atoms. The molecule has 4 rings (SSSR count). The molecular formula is C20H21BrClF3N4O. The number of hydrogen-bond acceptors (Lipinski definition) is 3. The van der Waals surface area contributed by atoms with Crippen molar-refractivity contribution >= 4 is 39.3 Å². The van der Waals surface area contributed by atoms with Gasteiger partial charge in [-0.1, -0.05) is 58.9 Å². The minimum absolute atomic E-state index is 0.00271. The van der Waals surface area contributed by atoms with Gasteiger partial charge in [0.15, 0.2) is 11.7 Å². The number of amides is 1. The number of aromatic nitrogens is 2. The molecule has 0 bridgehead atoms. The van der Waals surface area contributed by atoms with Crippen LogP contribution < -0.4 is 10.6 Å². The smallest absolute Gasteiger partial charge is 0.362 e. The average Bonchev–Trinajstić information content (AvgIpc) is 3.04. The molecule has 1 aliphatic carbocycles. The number of hydrogen-bond donors (Lipinski definition) is 2. The van der Waals surface area contributed by atoms with Gasteiger partial charge in [-0.2, -0.15) is 18.3 Å². The molecule has 0 unspecified atom stereocenters. The van der Waals surface area contributed by atoms with Crippen molar-refractivity contribution in [2.24, 2.45) is 0 Å². The third kappa shape index (κ3) is 4.32. The SMILES string of the molecule is O=C(NC1CCCCC1)c1nn2c(c1Cl)N[C@H](c1ccc(Br)cc1)C[C@H]2C(F)(F)F. The number of fused-ring (bicyclic) bond motifs is 1. The highest BCUT2D eigenvalue weighted by Crippen LogP contribution is 2.46. The first-order chi connectivity index (χ1) is 14.2. The summed E-state index contributed by atoms with van der Waals surface area (Å²) in [4.78, 5) is 12.7. The van der Waals surface area contributed by atoms with Gasteiger partial charge in [-0.05, 0) is 30.5 Å². The second-order valence-corrected chi connectivity index (χ2v) is 9.10. The van der Waals surface area contributed by atoms with E-state index in [0.717, 1.165) is 41.3 Å². The van der Waals surface area contributed by atoms with Crippen molar-refractivity contribution in [3.05, 3.63) is 45.0 Å². The Bertz CT molecular complexity index is 925. The molecule has 2 aliphatic rings. The Morgan fingerprint density at radius 2 is 1.87 bits per heavy atom. The van der Waals surface area contributed by atoms with E-state index in [1.54, 1.807) is 24.3 Å². The fourth-order valence-electron chi connectivity index (χ4n) is 4.15. The summed E-state index contributed by atoms with van der Waals surface area (Å²) in [5, 5.41) is 9.83. The maximum absolute atomic E-state index is 13.8. The van der Waals surface area contributed by atoms with Gasteiger partial charge in [0.05, 0.1) is 6.04 Å².